The maximum Gasteiger partial charge on any atom is 0.264 e. The van der Waals surface area contributed by atoms with Gasteiger partial charge in [-0.3, -0.25) is 4.79 Å². The van der Waals surface area contributed by atoms with Crippen LogP contribution < -0.4 is 14.4 Å². The average molecular weight is 702 g/mol. The summed E-state index contributed by atoms with van der Waals surface area (Å²) in [4.78, 5) is 18.2. The quantitative estimate of drug-likeness (QED) is 0.413. The fraction of sp³-hybridized carbons (Fsp3) is 0.703. The van der Waals surface area contributed by atoms with Gasteiger partial charge in [0.1, 0.15) is 5.75 Å². The van der Waals surface area contributed by atoms with Crippen molar-refractivity contribution >= 4 is 33.2 Å². The average Bonchev–Trinajstić information content (AvgIpc) is 3.17. The van der Waals surface area contributed by atoms with Crippen LogP contribution in [0.25, 0.3) is 0 Å². The van der Waals surface area contributed by atoms with Crippen LogP contribution in [0.4, 0.5) is 5.69 Å². The first-order chi connectivity index (χ1) is 22.9. The number of anilines is 1. The Morgan fingerprint density at radius 1 is 1.00 bits per heavy atom. The Labute approximate surface area is 291 Å². The summed E-state index contributed by atoms with van der Waals surface area (Å²) in [5.74, 6) is 1.35. The molecule has 0 aromatic heterocycles. The highest BCUT2D eigenvalue weighted by Crippen LogP contribution is 2.54. The van der Waals surface area contributed by atoms with E-state index in [9.17, 15) is 13.2 Å². The molecule has 7 rings (SSSR count). The predicted molar refractivity (Wildman–Crippen MR) is 188 cm³/mol. The Kier molecular flexibility index (Phi) is 9.69. The van der Waals surface area contributed by atoms with Gasteiger partial charge in [-0.2, -0.15) is 0 Å². The molecule has 11 heteroatoms. The smallest absolute Gasteiger partial charge is 0.264 e. The van der Waals surface area contributed by atoms with Gasteiger partial charge in [0.25, 0.3) is 5.91 Å². The van der Waals surface area contributed by atoms with Crippen LogP contribution in [0.1, 0.15) is 69.2 Å². The lowest BCUT2D eigenvalue weighted by atomic mass is 9.60. The zero-order chi connectivity index (χ0) is 33.8. The molecule has 8 atom stereocenters. The molecule has 3 aliphatic carbocycles. The van der Waals surface area contributed by atoms with Crippen LogP contribution in [0, 0.1) is 40.9 Å². The van der Waals surface area contributed by atoms with Crippen LogP contribution in [0.3, 0.4) is 0 Å². The van der Waals surface area contributed by atoms with Crippen molar-refractivity contribution in [1.82, 2.24) is 9.62 Å². The van der Waals surface area contributed by atoms with E-state index in [1.165, 1.54) is 0 Å². The Morgan fingerprint density at radius 2 is 1.77 bits per heavy atom. The van der Waals surface area contributed by atoms with Crippen molar-refractivity contribution in [3.63, 3.8) is 0 Å². The largest absolute Gasteiger partial charge is 0.490 e. The summed E-state index contributed by atoms with van der Waals surface area (Å²) in [6.45, 7) is 6.73. The first-order valence-corrected chi connectivity index (χ1v) is 20.0. The minimum Gasteiger partial charge on any atom is -0.490 e. The number of hydrogen-bond acceptors (Lipinski definition) is 8. The van der Waals surface area contributed by atoms with E-state index in [1.54, 1.807) is 6.07 Å². The second-order valence-electron chi connectivity index (χ2n) is 15.7. The molecule has 2 saturated carbocycles. The number of carbonyl (C=O) groups is 1. The van der Waals surface area contributed by atoms with Gasteiger partial charge in [-0.1, -0.05) is 44.0 Å². The summed E-state index contributed by atoms with van der Waals surface area (Å²) in [5, 5.41) is 0.774. The highest BCUT2D eigenvalue weighted by molar-refractivity contribution is 7.90. The van der Waals surface area contributed by atoms with Crippen LogP contribution in [0.2, 0.25) is 0 Å². The molecule has 3 aliphatic heterocycles. The van der Waals surface area contributed by atoms with Crippen molar-refractivity contribution in [2.75, 3.05) is 51.1 Å². The molecule has 3 heterocycles. The Morgan fingerprint density at radius 3 is 2.50 bits per heavy atom. The molecule has 9 nitrogen and oxygen atoms in total. The van der Waals surface area contributed by atoms with Crippen molar-refractivity contribution in [3.05, 3.63) is 47.0 Å². The standard InChI is InChI=1S/C37H52ClN3O6S/c1-23-8-11-31(36-45-19-29(20-46-36)40(3)4)30-12-9-26(30)18-41-32-16-25(35(42)39-48(43,44)21-24(23)2)10-13-33(32)47-22-37-15-14-28(38)17-27(37)6-5-7-34(37)41/h10,13-17,23-24,26-27,29-31,34,36H,5-9,11-12,18-22H2,1-4H3,(H,39,42)/t23-,24+,26+,27?,29?,30-,31+,34?,36?,37?/m1/s1. The molecule has 1 spiro atoms. The lowest BCUT2D eigenvalue weighted by Gasteiger charge is -2.53. The van der Waals surface area contributed by atoms with E-state index in [4.69, 9.17) is 25.8 Å². The first kappa shape index (κ1) is 34.3. The van der Waals surface area contributed by atoms with Gasteiger partial charge in [-0.25, -0.2) is 13.1 Å². The molecule has 1 N–H and O–H groups in total. The van der Waals surface area contributed by atoms with Gasteiger partial charge < -0.3 is 24.0 Å². The molecule has 6 aliphatic rings. The number of carbonyl (C=O) groups excluding carboxylic acids is 1. The molecule has 1 aromatic rings. The zero-order valence-corrected chi connectivity index (χ0v) is 30.3. The van der Waals surface area contributed by atoms with Crippen molar-refractivity contribution in [2.24, 2.45) is 40.9 Å². The number of allylic oxidation sites excluding steroid dienone is 3. The van der Waals surface area contributed by atoms with Gasteiger partial charge >= 0.3 is 0 Å². The molecular formula is C37H52ClN3O6S. The topological polar surface area (TPSA) is 97.4 Å². The third kappa shape index (κ3) is 6.57. The van der Waals surface area contributed by atoms with Crippen LogP contribution >= 0.6 is 11.6 Å². The monoisotopic (exact) mass is 701 g/mol. The number of benzene rings is 1. The van der Waals surface area contributed by atoms with Gasteiger partial charge in [-0.05, 0) is 106 Å². The van der Waals surface area contributed by atoms with E-state index >= 15 is 0 Å². The summed E-state index contributed by atoms with van der Waals surface area (Å²) < 4.78 is 48.6. The third-order valence-corrected chi connectivity index (χ3v) is 14.4. The Bertz CT molecular complexity index is 1540. The Hall–Kier alpha value is -2.11. The first-order valence-electron chi connectivity index (χ1n) is 18.0. The number of nitrogens with one attached hydrogen (secondary N) is 1. The predicted octanol–water partition coefficient (Wildman–Crippen LogP) is 5.80. The molecule has 0 radical (unpaired) electrons. The minimum atomic E-state index is -3.86. The van der Waals surface area contributed by atoms with E-state index in [2.05, 4.69) is 47.7 Å². The molecular weight excluding hydrogens is 650 g/mol. The zero-order valence-electron chi connectivity index (χ0n) is 28.8. The molecule has 2 bridgehead atoms. The number of likely N-dealkylation sites (N-methyl/N-ethyl adjacent to an activating group) is 1. The fourth-order valence-electron chi connectivity index (χ4n) is 9.31. The van der Waals surface area contributed by atoms with E-state index in [0.29, 0.717) is 37.2 Å². The number of amides is 1. The highest BCUT2D eigenvalue weighted by Gasteiger charge is 2.53. The summed E-state index contributed by atoms with van der Waals surface area (Å²) in [7, 11) is 0.270. The number of nitrogens with zero attached hydrogens (tertiary/aromatic N) is 2. The number of rotatable bonds is 2. The van der Waals surface area contributed by atoms with E-state index in [1.807, 2.05) is 25.1 Å². The maximum atomic E-state index is 13.5. The van der Waals surface area contributed by atoms with Crippen LogP contribution in [0.5, 0.6) is 5.75 Å². The number of ether oxygens (including phenoxy) is 3. The molecule has 264 valence electrons. The van der Waals surface area contributed by atoms with Gasteiger partial charge in [0.2, 0.25) is 10.0 Å². The number of sulfonamides is 1. The maximum absolute atomic E-state index is 13.5. The third-order valence-electron chi connectivity index (χ3n) is 12.7. The van der Waals surface area contributed by atoms with E-state index < -0.39 is 15.9 Å². The highest BCUT2D eigenvalue weighted by atomic mass is 35.5. The van der Waals surface area contributed by atoms with Gasteiger partial charge in [-0.15, -0.1) is 0 Å². The molecule has 3 unspecified atom stereocenters. The van der Waals surface area contributed by atoms with Crippen LogP contribution in [-0.2, 0) is 19.5 Å². The summed E-state index contributed by atoms with van der Waals surface area (Å²) in [6, 6.07) is 5.76. The van der Waals surface area contributed by atoms with Crippen LogP contribution in [-0.4, -0.2) is 83.8 Å². The number of halogens is 1. The fourth-order valence-corrected chi connectivity index (χ4v) is 11.0. The van der Waals surface area contributed by atoms with Gasteiger partial charge in [0, 0.05) is 34.5 Å². The normalized spacial score (nSPS) is 39.8. The molecule has 1 saturated heterocycles. The second-order valence-corrected chi connectivity index (χ2v) is 17.9. The minimum absolute atomic E-state index is 0.105. The lowest BCUT2D eigenvalue weighted by molar-refractivity contribution is -0.241. The van der Waals surface area contributed by atoms with E-state index in [-0.39, 0.29) is 53.2 Å². The number of fused-ring (bicyclic) bond motifs is 3. The molecule has 3 fully saturated rings. The lowest BCUT2D eigenvalue weighted by Crippen LogP contribution is -2.57. The van der Waals surface area contributed by atoms with Gasteiger partial charge in [0.15, 0.2) is 6.29 Å². The van der Waals surface area contributed by atoms with Gasteiger partial charge in [0.05, 0.1) is 37.3 Å². The van der Waals surface area contributed by atoms with Crippen LogP contribution in [0.15, 0.2) is 41.5 Å². The van der Waals surface area contributed by atoms with Crippen molar-refractivity contribution < 1.29 is 27.4 Å². The molecule has 48 heavy (non-hydrogen) atoms. The summed E-state index contributed by atoms with van der Waals surface area (Å²) >= 11 is 6.57. The molecule has 1 amide bonds. The summed E-state index contributed by atoms with van der Waals surface area (Å²) in [6.07, 6.45) is 13.4. The number of hydrogen-bond donors (Lipinski definition) is 1. The second kappa shape index (κ2) is 13.5. The van der Waals surface area contributed by atoms with Crippen molar-refractivity contribution in [2.45, 2.75) is 77.2 Å². The SMILES string of the molecule is C[C@@H]1CC[C@H](C2OCC(N(C)C)CO2)[C@@H]2CC[C@H]2CN2c3cc(ccc3OCC34C=CC(Cl)=CC3CCCC24)C(=O)NS(=O)(=O)C[C@@H]1C. The molecule has 1 aromatic carbocycles. The van der Waals surface area contributed by atoms with Crippen molar-refractivity contribution in [1.29, 1.82) is 0 Å². The van der Waals surface area contributed by atoms with E-state index in [0.717, 1.165) is 68.0 Å². The van der Waals surface area contributed by atoms with Crippen molar-refractivity contribution in [3.8, 4) is 5.75 Å². The Balaban J connectivity index is 1.28. The summed E-state index contributed by atoms with van der Waals surface area (Å²) in [5.41, 5.74) is 0.932.